The molecule has 21 heavy (non-hydrogen) atoms. The number of nitrogens with one attached hydrogen (secondary N) is 1. The zero-order valence-electron chi connectivity index (χ0n) is 11.4. The number of imidazole rings is 1. The zero-order chi connectivity index (χ0) is 15.2. The lowest BCUT2D eigenvalue weighted by atomic mass is 10.1. The minimum Gasteiger partial charge on any atom is -0.337 e. The van der Waals surface area contributed by atoms with Gasteiger partial charge in [0.2, 0.25) is 0 Å². The Bertz CT molecular complexity index is 762. The Morgan fingerprint density at radius 2 is 1.76 bits per heavy atom. The van der Waals surface area contributed by atoms with E-state index in [0.717, 1.165) is 34.4 Å². The van der Waals surface area contributed by atoms with Crippen LogP contribution in [0.2, 0.25) is 0 Å². The normalized spacial score (nSPS) is 12.0. The van der Waals surface area contributed by atoms with E-state index in [2.05, 4.69) is 15.0 Å². The first kappa shape index (κ1) is 13.6. The van der Waals surface area contributed by atoms with Crippen molar-refractivity contribution in [3.8, 4) is 11.5 Å². The molecule has 1 N–H and O–H groups in total. The summed E-state index contributed by atoms with van der Waals surface area (Å²) in [6, 6.07) is 6.23. The Kier molecular flexibility index (Phi) is 2.97. The Morgan fingerprint density at radius 3 is 2.38 bits per heavy atom. The molecule has 3 aromatic rings. The van der Waals surface area contributed by atoms with E-state index in [0.29, 0.717) is 11.5 Å². The van der Waals surface area contributed by atoms with E-state index in [1.165, 1.54) is 6.07 Å². The lowest BCUT2D eigenvalue weighted by Crippen LogP contribution is -2.05. The molecule has 0 spiro atoms. The fourth-order valence-electron chi connectivity index (χ4n) is 2.09. The number of hydrogen-bond acceptors (Lipinski definition) is 2. The highest BCUT2D eigenvalue weighted by atomic mass is 19.4. The van der Waals surface area contributed by atoms with E-state index in [1.54, 1.807) is 0 Å². The molecule has 0 bridgehead atoms. The highest BCUT2D eigenvalue weighted by Gasteiger charge is 2.30. The van der Waals surface area contributed by atoms with E-state index in [-0.39, 0.29) is 0 Å². The van der Waals surface area contributed by atoms with Crippen LogP contribution in [0, 0.1) is 13.8 Å². The van der Waals surface area contributed by atoms with Crippen LogP contribution in [0.25, 0.3) is 22.6 Å². The molecule has 0 aliphatic rings. The van der Waals surface area contributed by atoms with E-state index in [9.17, 15) is 13.2 Å². The molecule has 0 radical (unpaired) electrons. The second-order valence-corrected chi connectivity index (χ2v) is 4.97. The third-order valence-electron chi connectivity index (χ3n) is 3.43. The molecule has 0 fully saturated rings. The average molecular weight is 291 g/mol. The highest BCUT2D eigenvalue weighted by Crippen LogP contribution is 2.29. The standard InChI is InChI=1S/C15H12F3N3/c1-8-5-12-13(6-9(8)2)21-14(20-12)11-4-3-10(7-19-11)15(16,17)18/h3-7H,1-2H3,(H,20,21). The molecule has 2 aromatic heterocycles. The molecule has 6 heteroatoms. The lowest BCUT2D eigenvalue weighted by Gasteiger charge is -2.05. The predicted octanol–water partition coefficient (Wildman–Crippen LogP) is 4.26. The summed E-state index contributed by atoms with van der Waals surface area (Å²) in [6.45, 7) is 3.98. The molecule has 0 amide bonds. The Balaban J connectivity index is 2.04. The van der Waals surface area contributed by atoms with Crippen molar-refractivity contribution in [3.05, 3.63) is 47.2 Å². The number of pyridine rings is 1. The van der Waals surface area contributed by atoms with Crippen molar-refractivity contribution in [1.82, 2.24) is 15.0 Å². The summed E-state index contributed by atoms with van der Waals surface area (Å²) < 4.78 is 37.5. The zero-order valence-corrected chi connectivity index (χ0v) is 11.4. The van der Waals surface area contributed by atoms with Crippen molar-refractivity contribution in [3.63, 3.8) is 0 Å². The topological polar surface area (TPSA) is 41.6 Å². The van der Waals surface area contributed by atoms with Crippen LogP contribution in [-0.4, -0.2) is 15.0 Å². The van der Waals surface area contributed by atoms with Gasteiger partial charge in [-0.05, 0) is 49.2 Å². The van der Waals surface area contributed by atoms with Gasteiger partial charge in [-0.2, -0.15) is 13.2 Å². The van der Waals surface area contributed by atoms with Crippen LogP contribution in [0.1, 0.15) is 16.7 Å². The Labute approximate surface area is 118 Å². The van der Waals surface area contributed by atoms with Gasteiger partial charge in [0.15, 0.2) is 5.82 Å². The molecule has 0 unspecified atom stereocenters. The van der Waals surface area contributed by atoms with Crippen molar-refractivity contribution in [2.45, 2.75) is 20.0 Å². The largest absolute Gasteiger partial charge is 0.417 e. The SMILES string of the molecule is Cc1cc2nc(-c3ccc(C(F)(F)F)cn3)[nH]c2cc1C. The van der Waals surface area contributed by atoms with Crippen molar-refractivity contribution in [2.75, 3.05) is 0 Å². The molecule has 0 atom stereocenters. The summed E-state index contributed by atoms with van der Waals surface area (Å²) in [5, 5.41) is 0. The lowest BCUT2D eigenvalue weighted by molar-refractivity contribution is -0.137. The van der Waals surface area contributed by atoms with Crippen molar-refractivity contribution < 1.29 is 13.2 Å². The highest BCUT2D eigenvalue weighted by molar-refractivity contribution is 5.80. The van der Waals surface area contributed by atoms with Crippen LogP contribution in [-0.2, 0) is 6.18 Å². The van der Waals surface area contributed by atoms with E-state index >= 15 is 0 Å². The number of hydrogen-bond donors (Lipinski definition) is 1. The van der Waals surface area contributed by atoms with Crippen molar-refractivity contribution >= 4 is 11.0 Å². The number of fused-ring (bicyclic) bond motifs is 1. The molecule has 1 aromatic carbocycles. The molecule has 2 heterocycles. The summed E-state index contributed by atoms with van der Waals surface area (Å²) in [5.74, 6) is 0.462. The van der Waals surface area contributed by atoms with Gasteiger partial charge in [-0.15, -0.1) is 0 Å². The first-order chi connectivity index (χ1) is 9.84. The average Bonchev–Trinajstić information content (AvgIpc) is 2.81. The summed E-state index contributed by atoms with van der Waals surface area (Å²) in [6.07, 6.45) is -3.56. The molecule has 3 rings (SSSR count). The minimum absolute atomic E-state index is 0.384. The number of aromatic nitrogens is 3. The van der Waals surface area contributed by atoms with Gasteiger partial charge >= 0.3 is 6.18 Å². The van der Waals surface area contributed by atoms with Crippen molar-refractivity contribution in [2.24, 2.45) is 0 Å². The van der Waals surface area contributed by atoms with Gasteiger partial charge in [-0.25, -0.2) is 4.98 Å². The molecule has 0 saturated heterocycles. The summed E-state index contributed by atoms with van der Waals surface area (Å²) in [5.41, 5.74) is 3.46. The Hall–Kier alpha value is -2.37. The van der Waals surface area contributed by atoms with Crippen LogP contribution in [0.3, 0.4) is 0 Å². The van der Waals surface area contributed by atoms with Crippen molar-refractivity contribution in [1.29, 1.82) is 0 Å². The summed E-state index contributed by atoms with van der Waals surface area (Å²) in [4.78, 5) is 11.3. The van der Waals surface area contributed by atoms with Gasteiger partial charge < -0.3 is 4.98 Å². The third-order valence-corrected chi connectivity index (χ3v) is 3.43. The molecule has 108 valence electrons. The molecule has 3 nitrogen and oxygen atoms in total. The van der Waals surface area contributed by atoms with Crippen LogP contribution in [0.15, 0.2) is 30.5 Å². The van der Waals surface area contributed by atoms with Gasteiger partial charge in [0.1, 0.15) is 5.69 Å². The molecular formula is C15H12F3N3. The molecule has 0 saturated carbocycles. The fraction of sp³-hybridized carbons (Fsp3) is 0.200. The maximum atomic E-state index is 12.5. The van der Waals surface area contributed by atoms with Crippen LogP contribution in [0.4, 0.5) is 13.2 Å². The van der Waals surface area contributed by atoms with Gasteiger partial charge in [0, 0.05) is 6.20 Å². The van der Waals surface area contributed by atoms with E-state index < -0.39 is 11.7 Å². The number of aromatic amines is 1. The van der Waals surface area contributed by atoms with E-state index in [4.69, 9.17) is 0 Å². The maximum Gasteiger partial charge on any atom is 0.417 e. The summed E-state index contributed by atoms with van der Waals surface area (Å²) >= 11 is 0. The predicted molar refractivity (Wildman–Crippen MR) is 73.8 cm³/mol. The minimum atomic E-state index is -4.38. The van der Waals surface area contributed by atoms with Gasteiger partial charge in [-0.3, -0.25) is 4.98 Å². The first-order valence-corrected chi connectivity index (χ1v) is 6.35. The third kappa shape index (κ3) is 2.49. The second-order valence-electron chi connectivity index (χ2n) is 4.97. The smallest absolute Gasteiger partial charge is 0.337 e. The summed E-state index contributed by atoms with van der Waals surface area (Å²) in [7, 11) is 0. The number of benzene rings is 1. The number of alkyl halides is 3. The van der Waals surface area contributed by atoms with Gasteiger partial charge in [0.25, 0.3) is 0 Å². The van der Waals surface area contributed by atoms with Crippen LogP contribution < -0.4 is 0 Å². The fourth-order valence-corrected chi connectivity index (χ4v) is 2.09. The van der Waals surface area contributed by atoms with Gasteiger partial charge in [0.05, 0.1) is 16.6 Å². The number of aryl methyl sites for hydroxylation is 2. The maximum absolute atomic E-state index is 12.5. The quantitative estimate of drug-likeness (QED) is 0.727. The Morgan fingerprint density at radius 1 is 1.05 bits per heavy atom. The molecule has 0 aliphatic heterocycles. The first-order valence-electron chi connectivity index (χ1n) is 6.35. The second kappa shape index (κ2) is 4.58. The van der Waals surface area contributed by atoms with Crippen LogP contribution in [0.5, 0.6) is 0 Å². The number of H-pyrrole nitrogens is 1. The van der Waals surface area contributed by atoms with E-state index in [1.807, 2.05) is 26.0 Å². The monoisotopic (exact) mass is 291 g/mol. The number of rotatable bonds is 1. The number of nitrogens with zero attached hydrogens (tertiary/aromatic N) is 2. The molecular weight excluding hydrogens is 279 g/mol. The van der Waals surface area contributed by atoms with Gasteiger partial charge in [-0.1, -0.05) is 0 Å². The van der Waals surface area contributed by atoms with Crippen LogP contribution >= 0.6 is 0 Å². The number of halogens is 3. The molecule has 0 aliphatic carbocycles.